The summed E-state index contributed by atoms with van der Waals surface area (Å²) >= 11 is 0. The molecule has 0 aliphatic carbocycles. The zero-order chi connectivity index (χ0) is 13.8. The van der Waals surface area contributed by atoms with Crippen LogP contribution in [-0.2, 0) is 16.1 Å². The fraction of sp³-hybridized carbons (Fsp3) is 0.417. The topological polar surface area (TPSA) is 95.1 Å². The number of nitrogens with two attached hydrogens (primary N) is 1. The SMILES string of the molecule is COCCNC(=O)Cn1c(N)nc2c(C)ccnc21. The van der Waals surface area contributed by atoms with Gasteiger partial charge in [-0.25, -0.2) is 9.97 Å². The standard InChI is InChI=1S/C12H17N5O2/c1-8-3-4-15-11-10(8)16-12(13)17(11)7-9(18)14-5-6-19-2/h3-4H,5-7H2,1-2H3,(H2,13,16)(H,14,18). The number of aromatic nitrogens is 3. The van der Waals surface area contributed by atoms with Crippen molar-refractivity contribution in [3.8, 4) is 0 Å². The molecule has 7 heteroatoms. The molecule has 0 atom stereocenters. The van der Waals surface area contributed by atoms with Gasteiger partial charge >= 0.3 is 0 Å². The summed E-state index contributed by atoms with van der Waals surface area (Å²) in [4.78, 5) is 20.2. The number of imidazole rings is 1. The lowest BCUT2D eigenvalue weighted by Crippen LogP contribution is -2.30. The molecule has 19 heavy (non-hydrogen) atoms. The number of nitrogens with one attached hydrogen (secondary N) is 1. The first-order valence-corrected chi connectivity index (χ1v) is 5.96. The number of carbonyl (C=O) groups is 1. The summed E-state index contributed by atoms with van der Waals surface area (Å²) in [7, 11) is 1.58. The van der Waals surface area contributed by atoms with Crippen molar-refractivity contribution in [1.82, 2.24) is 19.9 Å². The van der Waals surface area contributed by atoms with Crippen molar-refractivity contribution in [1.29, 1.82) is 0 Å². The number of hydrogen-bond donors (Lipinski definition) is 2. The van der Waals surface area contributed by atoms with Gasteiger partial charge in [0.2, 0.25) is 11.9 Å². The van der Waals surface area contributed by atoms with Crippen LogP contribution < -0.4 is 11.1 Å². The predicted molar refractivity (Wildman–Crippen MR) is 71.6 cm³/mol. The van der Waals surface area contributed by atoms with E-state index in [1.165, 1.54) is 0 Å². The van der Waals surface area contributed by atoms with Crippen molar-refractivity contribution >= 4 is 23.0 Å². The van der Waals surface area contributed by atoms with Crippen molar-refractivity contribution in [2.75, 3.05) is 26.0 Å². The van der Waals surface area contributed by atoms with E-state index < -0.39 is 0 Å². The molecule has 0 fully saturated rings. The number of fused-ring (bicyclic) bond motifs is 1. The summed E-state index contributed by atoms with van der Waals surface area (Å²) in [5, 5.41) is 2.73. The fourth-order valence-electron chi connectivity index (χ4n) is 1.80. The van der Waals surface area contributed by atoms with E-state index in [1.807, 2.05) is 13.0 Å². The number of methoxy groups -OCH3 is 1. The first-order valence-electron chi connectivity index (χ1n) is 5.96. The number of amides is 1. The number of nitrogen functional groups attached to an aromatic ring is 1. The lowest BCUT2D eigenvalue weighted by Gasteiger charge is -2.07. The molecule has 7 nitrogen and oxygen atoms in total. The Balaban J connectivity index is 2.18. The van der Waals surface area contributed by atoms with Gasteiger partial charge in [0, 0.05) is 19.9 Å². The highest BCUT2D eigenvalue weighted by Gasteiger charge is 2.13. The highest BCUT2D eigenvalue weighted by molar-refractivity contribution is 5.82. The molecule has 0 saturated heterocycles. The predicted octanol–water partition coefficient (Wildman–Crippen LogP) is 0.0845. The molecule has 102 valence electrons. The van der Waals surface area contributed by atoms with E-state index in [0.29, 0.717) is 24.7 Å². The second-order valence-electron chi connectivity index (χ2n) is 4.20. The summed E-state index contributed by atoms with van der Waals surface area (Å²) in [6, 6.07) is 1.86. The molecule has 0 aliphatic heterocycles. The minimum absolute atomic E-state index is 0.0997. The highest BCUT2D eigenvalue weighted by atomic mass is 16.5. The summed E-state index contributed by atoms with van der Waals surface area (Å²) in [6.07, 6.45) is 1.68. The van der Waals surface area contributed by atoms with Gasteiger partial charge in [0.05, 0.1) is 6.61 Å². The maximum absolute atomic E-state index is 11.8. The molecule has 0 saturated carbocycles. The van der Waals surface area contributed by atoms with Crippen LogP contribution in [-0.4, -0.2) is 40.7 Å². The lowest BCUT2D eigenvalue weighted by atomic mass is 10.3. The second-order valence-corrected chi connectivity index (χ2v) is 4.20. The van der Waals surface area contributed by atoms with Crippen molar-refractivity contribution in [3.63, 3.8) is 0 Å². The number of aryl methyl sites for hydroxylation is 1. The number of anilines is 1. The Kier molecular flexibility index (Phi) is 3.96. The molecule has 2 aromatic rings. The second kappa shape index (κ2) is 5.66. The van der Waals surface area contributed by atoms with Crippen molar-refractivity contribution in [3.05, 3.63) is 17.8 Å². The number of carbonyl (C=O) groups excluding carboxylic acids is 1. The van der Waals surface area contributed by atoms with Gasteiger partial charge in [-0.15, -0.1) is 0 Å². The number of ether oxygens (including phenoxy) is 1. The van der Waals surface area contributed by atoms with Crippen molar-refractivity contribution in [2.24, 2.45) is 0 Å². The number of nitrogens with zero attached hydrogens (tertiary/aromatic N) is 3. The quantitative estimate of drug-likeness (QED) is 0.745. The van der Waals surface area contributed by atoms with Crippen molar-refractivity contribution in [2.45, 2.75) is 13.5 Å². The molecule has 0 aliphatic rings. The molecular formula is C12H17N5O2. The molecule has 3 N–H and O–H groups in total. The zero-order valence-electron chi connectivity index (χ0n) is 11.0. The normalized spacial score (nSPS) is 10.8. The summed E-state index contributed by atoms with van der Waals surface area (Å²) < 4.78 is 6.47. The van der Waals surface area contributed by atoms with Crippen LogP contribution in [0.25, 0.3) is 11.2 Å². The van der Waals surface area contributed by atoms with Crippen LogP contribution in [0.1, 0.15) is 5.56 Å². The molecule has 0 radical (unpaired) electrons. The summed E-state index contributed by atoms with van der Waals surface area (Å²) in [5.74, 6) is 0.144. The van der Waals surface area contributed by atoms with E-state index in [4.69, 9.17) is 10.5 Å². The van der Waals surface area contributed by atoms with Crippen LogP contribution in [0.15, 0.2) is 12.3 Å². The Labute approximate surface area is 110 Å². The first kappa shape index (κ1) is 13.3. The maximum atomic E-state index is 11.8. The van der Waals surface area contributed by atoms with Crippen LogP contribution in [0, 0.1) is 6.92 Å². The third-order valence-electron chi connectivity index (χ3n) is 2.80. The lowest BCUT2D eigenvalue weighted by molar-refractivity contribution is -0.121. The minimum atomic E-state index is -0.147. The Morgan fingerprint density at radius 2 is 2.37 bits per heavy atom. The zero-order valence-corrected chi connectivity index (χ0v) is 11.0. The molecule has 1 amide bonds. The summed E-state index contributed by atoms with van der Waals surface area (Å²) in [5.41, 5.74) is 8.17. The van der Waals surface area contributed by atoms with E-state index in [0.717, 1.165) is 11.1 Å². The molecule has 0 bridgehead atoms. The minimum Gasteiger partial charge on any atom is -0.383 e. The van der Waals surface area contributed by atoms with Gasteiger partial charge in [-0.05, 0) is 18.6 Å². The van der Waals surface area contributed by atoms with E-state index in [2.05, 4.69) is 15.3 Å². The largest absolute Gasteiger partial charge is 0.383 e. The monoisotopic (exact) mass is 263 g/mol. The number of rotatable bonds is 5. The number of hydrogen-bond acceptors (Lipinski definition) is 5. The van der Waals surface area contributed by atoms with Crippen LogP contribution in [0.4, 0.5) is 5.95 Å². The summed E-state index contributed by atoms with van der Waals surface area (Å²) in [6.45, 7) is 2.97. The average Bonchev–Trinajstić information content (AvgIpc) is 2.69. The van der Waals surface area contributed by atoms with Gasteiger partial charge in [0.25, 0.3) is 0 Å². The highest BCUT2D eigenvalue weighted by Crippen LogP contribution is 2.18. The molecular weight excluding hydrogens is 246 g/mol. The average molecular weight is 263 g/mol. The van der Waals surface area contributed by atoms with Crippen molar-refractivity contribution < 1.29 is 9.53 Å². The van der Waals surface area contributed by atoms with E-state index in [9.17, 15) is 4.79 Å². The molecule has 2 rings (SSSR count). The van der Waals surface area contributed by atoms with Gasteiger partial charge in [-0.2, -0.15) is 0 Å². The molecule has 0 unspecified atom stereocenters. The van der Waals surface area contributed by atoms with Crippen LogP contribution in [0.5, 0.6) is 0 Å². The maximum Gasteiger partial charge on any atom is 0.240 e. The van der Waals surface area contributed by atoms with Gasteiger partial charge in [-0.3, -0.25) is 9.36 Å². The molecule has 0 spiro atoms. The molecule has 0 aromatic carbocycles. The Hall–Kier alpha value is -2.15. The van der Waals surface area contributed by atoms with E-state index in [-0.39, 0.29) is 12.5 Å². The van der Waals surface area contributed by atoms with Gasteiger partial charge in [-0.1, -0.05) is 0 Å². The van der Waals surface area contributed by atoms with Gasteiger partial charge in [0.15, 0.2) is 5.65 Å². The van der Waals surface area contributed by atoms with Gasteiger partial charge in [0.1, 0.15) is 12.1 Å². The fourth-order valence-corrected chi connectivity index (χ4v) is 1.80. The van der Waals surface area contributed by atoms with E-state index >= 15 is 0 Å². The van der Waals surface area contributed by atoms with Gasteiger partial charge < -0.3 is 15.8 Å². The molecule has 2 aromatic heterocycles. The van der Waals surface area contributed by atoms with Crippen LogP contribution in [0.2, 0.25) is 0 Å². The molecule has 2 heterocycles. The number of pyridine rings is 1. The third kappa shape index (κ3) is 2.82. The third-order valence-corrected chi connectivity index (χ3v) is 2.80. The van der Waals surface area contributed by atoms with Crippen LogP contribution in [0.3, 0.4) is 0 Å². The smallest absolute Gasteiger partial charge is 0.240 e. The van der Waals surface area contributed by atoms with E-state index in [1.54, 1.807) is 17.9 Å². The first-order chi connectivity index (χ1) is 9.13. The Morgan fingerprint density at radius 1 is 1.58 bits per heavy atom. The van der Waals surface area contributed by atoms with Crippen LogP contribution >= 0.6 is 0 Å². The Bertz CT molecular complexity index is 593. The Morgan fingerprint density at radius 3 is 3.11 bits per heavy atom.